The molecule has 0 saturated carbocycles. The van der Waals surface area contributed by atoms with Gasteiger partial charge in [0.2, 0.25) is 5.91 Å². The summed E-state index contributed by atoms with van der Waals surface area (Å²) in [4.78, 5) is 12.3. The molecular formula is C16H23NO5S. The molecule has 2 rings (SSSR count). The molecule has 1 aliphatic rings. The fraction of sp³-hybridized carbons (Fsp3) is 0.562. The number of nitrogens with one attached hydrogen (secondary N) is 1. The molecule has 1 aliphatic heterocycles. The summed E-state index contributed by atoms with van der Waals surface area (Å²) in [6.07, 6.45) is 0.770. The van der Waals surface area contributed by atoms with Crippen molar-refractivity contribution < 1.29 is 22.7 Å². The van der Waals surface area contributed by atoms with Gasteiger partial charge < -0.3 is 14.8 Å². The maximum absolute atomic E-state index is 12.3. The van der Waals surface area contributed by atoms with Gasteiger partial charge in [0.05, 0.1) is 25.2 Å². The third kappa shape index (κ3) is 4.16. The van der Waals surface area contributed by atoms with Crippen LogP contribution in [0.2, 0.25) is 0 Å². The average Bonchev–Trinajstić information content (AvgIpc) is 2.54. The second-order valence-electron chi connectivity index (χ2n) is 5.79. The fourth-order valence-corrected chi connectivity index (χ4v) is 4.28. The first-order valence-corrected chi connectivity index (χ1v) is 9.29. The maximum Gasteiger partial charge on any atom is 0.223 e. The molecule has 0 radical (unpaired) electrons. The van der Waals surface area contributed by atoms with Crippen molar-refractivity contribution in [2.24, 2.45) is 5.92 Å². The number of hydrogen-bond donors (Lipinski definition) is 1. The van der Waals surface area contributed by atoms with E-state index in [9.17, 15) is 13.2 Å². The lowest BCUT2D eigenvalue weighted by molar-refractivity contribution is -0.125. The number of sulfone groups is 1. The first-order valence-electron chi connectivity index (χ1n) is 7.57. The molecule has 0 aliphatic carbocycles. The van der Waals surface area contributed by atoms with Crippen LogP contribution < -0.4 is 14.8 Å². The molecule has 1 heterocycles. The molecule has 7 heteroatoms. The third-order valence-electron chi connectivity index (χ3n) is 4.30. The zero-order valence-electron chi connectivity index (χ0n) is 13.7. The van der Waals surface area contributed by atoms with Crippen LogP contribution in [0.5, 0.6) is 11.5 Å². The summed E-state index contributed by atoms with van der Waals surface area (Å²) in [5, 5.41) is 2.42. The predicted molar refractivity (Wildman–Crippen MR) is 87.4 cm³/mol. The fourth-order valence-electron chi connectivity index (χ4n) is 2.74. The molecule has 2 atom stereocenters. The highest BCUT2D eigenvalue weighted by Gasteiger charge is 2.34. The van der Waals surface area contributed by atoms with Gasteiger partial charge in [-0.15, -0.1) is 0 Å². The molecule has 2 unspecified atom stereocenters. The summed E-state index contributed by atoms with van der Waals surface area (Å²) in [5.41, 5.74) is 0.845. The van der Waals surface area contributed by atoms with Gasteiger partial charge in [0.15, 0.2) is 9.84 Å². The van der Waals surface area contributed by atoms with Gasteiger partial charge in [-0.1, -0.05) is 0 Å². The molecule has 0 bridgehead atoms. The van der Waals surface area contributed by atoms with Crippen LogP contribution in [-0.4, -0.2) is 39.5 Å². The van der Waals surface area contributed by atoms with Crippen LogP contribution in [-0.2, 0) is 21.2 Å². The van der Waals surface area contributed by atoms with E-state index in [0.29, 0.717) is 30.9 Å². The molecule has 0 aromatic heterocycles. The number of amides is 1. The quantitative estimate of drug-likeness (QED) is 0.878. The van der Waals surface area contributed by atoms with Crippen molar-refractivity contribution in [3.8, 4) is 11.5 Å². The average molecular weight is 341 g/mol. The highest BCUT2D eigenvalue weighted by molar-refractivity contribution is 7.92. The third-order valence-corrected chi connectivity index (χ3v) is 6.52. The summed E-state index contributed by atoms with van der Waals surface area (Å²) in [5.74, 6) is 1.05. The highest BCUT2D eigenvalue weighted by atomic mass is 32.2. The van der Waals surface area contributed by atoms with Crippen molar-refractivity contribution in [2.75, 3.05) is 20.0 Å². The zero-order valence-corrected chi connectivity index (χ0v) is 14.5. The minimum atomic E-state index is -3.03. The summed E-state index contributed by atoms with van der Waals surface area (Å²) in [6.45, 7) is 2.00. The first-order chi connectivity index (χ1) is 10.9. The van der Waals surface area contributed by atoms with Crippen LogP contribution >= 0.6 is 0 Å². The van der Waals surface area contributed by atoms with Crippen LogP contribution in [0, 0.1) is 5.92 Å². The van der Waals surface area contributed by atoms with Crippen LogP contribution in [0.4, 0.5) is 0 Å². The molecular weight excluding hydrogens is 318 g/mol. The van der Waals surface area contributed by atoms with E-state index in [1.54, 1.807) is 33.3 Å². The Kier molecular flexibility index (Phi) is 5.51. The van der Waals surface area contributed by atoms with Crippen molar-refractivity contribution in [3.63, 3.8) is 0 Å². The van der Waals surface area contributed by atoms with Crippen LogP contribution in [0.3, 0.4) is 0 Å². The Hall–Kier alpha value is -1.76. The molecule has 1 amide bonds. The summed E-state index contributed by atoms with van der Waals surface area (Å²) in [6, 6.07) is 5.40. The Balaban J connectivity index is 1.97. The number of ether oxygens (including phenoxy) is 2. The first kappa shape index (κ1) is 17.6. The molecule has 1 fully saturated rings. The zero-order chi connectivity index (χ0) is 17.0. The van der Waals surface area contributed by atoms with Crippen molar-refractivity contribution in [1.82, 2.24) is 5.32 Å². The van der Waals surface area contributed by atoms with Crippen molar-refractivity contribution >= 4 is 15.7 Å². The van der Waals surface area contributed by atoms with Crippen LogP contribution in [0.1, 0.15) is 25.3 Å². The van der Waals surface area contributed by atoms with E-state index in [-0.39, 0.29) is 17.6 Å². The lowest BCUT2D eigenvalue weighted by Crippen LogP contribution is -2.39. The number of methoxy groups -OCH3 is 2. The lowest BCUT2D eigenvalue weighted by atomic mass is 9.99. The number of carbonyl (C=O) groups excluding carboxylic acids is 1. The van der Waals surface area contributed by atoms with Gasteiger partial charge in [-0.3, -0.25) is 4.79 Å². The Morgan fingerprint density at radius 3 is 2.65 bits per heavy atom. The van der Waals surface area contributed by atoms with E-state index in [0.717, 1.165) is 5.56 Å². The Morgan fingerprint density at radius 1 is 1.30 bits per heavy atom. The second kappa shape index (κ2) is 7.21. The van der Waals surface area contributed by atoms with Gasteiger partial charge in [0.1, 0.15) is 11.5 Å². The molecule has 0 spiro atoms. The second-order valence-corrected chi connectivity index (χ2v) is 8.33. The number of carbonyl (C=O) groups is 1. The van der Waals surface area contributed by atoms with E-state index in [4.69, 9.17) is 9.47 Å². The molecule has 23 heavy (non-hydrogen) atoms. The van der Waals surface area contributed by atoms with Gasteiger partial charge in [0, 0.05) is 24.1 Å². The highest BCUT2D eigenvalue weighted by Crippen LogP contribution is 2.26. The normalized spacial score (nSPS) is 23.1. The van der Waals surface area contributed by atoms with Crippen LogP contribution in [0.25, 0.3) is 0 Å². The van der Waals surface area contributed by atoms with Gasteiger partial charge in [0.25, 0.3) is 0 Å². The van der Waals surface area contributed by atoms with Crippen molar-refractivity contribution in [2.45, 2.75) is 31.6 Å². The molecule has 6 nitrogen and oxygen atoms in total. The van der Waals surface area contributed by atoms with Gasteiger partial charge in [-0.25, -0.2) is 8.42 Å². The van der Waals surface area contributed by atoms with E-state index in [1.807, 2.05) is 6.07 Å². The number of hydrogen-bond acceptors (Lipinski definition) is 5. The van der Waals surface area contributed by atoms with E-state index in [1.165, 1.54) is 0 Å². The SMILES string of the molecule is COc1ccc(CNC(=O)C2CCS(=O)(=O)C(C)C2)c(OC)c1. The maximum atomic E-state index is 12.3. The topological polar surface area (TPSA) is 81.7 Å². The Labute approximate surface area is 137 Å². The van der Waals surface area contributed by atoms with E-state index < -0.39 is 15.1 Å². The molecule has 1 aromatic rings. The monoisotopic (exact) mass is 341 g/mol. The standard InChI is InChI=1S/C16H23NO5S/c1-11-8-12(6-7-23(11,19)20)16(18)17-10-13-4-5-14(21-2)9-15(13)22-3/h4-5,9,11-12H,6-8,10H2,1-3H3,(H,17,18). The largest absolute Gasteiger partial charge is 0.497 e. The van der Waals surface area contributed by atoms with Gasteiger partial charge >= 0.3 is 0 Å². The summed E-state index contributed by atoms with van der Waals surface area (Å²) >= 11 is 0. The lowest BCUT2D eigenvalue weighted by Gasteiger charge is -2.26. The summed E-state index contributed by atoms with van der Waals surface area (Å²) < 4.78 is 33.9. The van der Waals surface area contributed by atoms with E-state index in [2.05, 4.69) is 5.32 Å². The van der Waals surface area contributed by atoms with Crippen molar-refractivity contribution in [3.05, 3.63) is 23.8 Å². The predicted octanol–water partition coefficient (Wildman–Crippen LogP) is 1.53. The molecule has 1 N–H and O–H groups in total. The smallest absolute Gasteiger partial charge is 0.223 e. The molecule has 1 aromatic carbocycles. The molecule has 1 saturated heterocycles. The summed E-state index contributed by atoms with van der Waals surface area (Å²) in [7, 11) is 0.114. The van der Waals surface area contributed by atoms with Crippen molar-refractivity contribution in [1.29, 1.82) is 0 Å². The molecule has 128 valence electrons. The number of rotatable bonds is 5. The Bertz CT molecular complexity index is 671. The minimum Gasteiger partial charge on any atom is -0.497 e. The van der Waals surface area contributed by atoms with E-state index >= 15 is 0 Å². The minimum absolute atomic E-state index is 0.0815. The van der Waals surface area contributed by atoms with Gasteiger partial charge in [-0.05, 0) is 31.9 Å². The number of benzene rings is 1. The van der Waals surface area contributed by atoms with Crippen LogP contribution in [0.15, 0.2) is 18.2 Å². The Morgan fingerprint density at radius 2 is 2.04 bits per heavy atom. The van der Waals surface area contributed by atoms with Gasteiger partial charge in [-0.2, -0.15) is 0 Å².